The summed E-state index contributed by atoms with van der Waals surface area (Å²) in [5, 5.41) is 6.71. The van der Waals surface area contributed by atoms with Crippen LogP contribution in [0.1, 0.15) is 85.9 Å². The van der Waals surface area contributed by atoms with Crippen LogP contribution in [0.3, 0.4) is 0 Å². The molecule has 4 nitrogen and oxygen atoms in total. The lowest BCUT2D eigenvalue weighted by Crippen LogP contribution is -2.34. The maximum atomic E-state index is 12.3. The third kappa shape index (κ3) is 9.88. The van der Waals surface area contributed by atoms with E-state index in [0.29, 0.717) is 0 Å². The van der Waals surface area contributed by atoms with Crippen molar-refractivity contribution in [3.8, 4) is 0 Å². The summed E-state index contributed by atoms with van der Waals surface area (Å²) in [6.07, 6.45) is 9.70. The summed E-state index contributed by atoms with van der Waals surface area (Å²) in [4.78, 5) is 24.6. The molecule has 0 radical (unpaired) electrons. The van der Waals surface area contributed by atoms with Crippen LogP contribution in [0, 0.1) is 0 Å². The van der Waals surface area contributed by atoms with E-state index in [2.05, 4.69) is 10.6 Å². The SMILES string of the molecule is C[C@H](NCCCCCCCCCCN[C@@H](C)C(=O)c1ccccc1)C(=O)c1ccccc1. The van der Waals surface area contributed by atoms with Crippen LogP contribution >= 0.6 is 0 Å². The van der Waals surface area contributed by atoms with Crippen LogP contribution in [0.5, 0.6) is 0 Å². The van der Waals surface area contributed by atoms with E-state index in [0.717, 1.165) is 37.1 Å². The quantitative estimate of drug-likeness (QED) is 0.242. The van der Waals surface area contributed by atoms with E-state index in [4.69, 9.17) is 0 Å². The molecule has 32 heavy (non-hydrogen) atoms. The average molecular weight is 437 g/mol. The fraction of sp³-hybridized carbons (Fsp3) is 0.500. The van der Waals surface area contributed by atoms with Crippen molar-refractivity contribution in [3.63, 3.8) is 0 Å². The molecule has 0 aliphatic rings. The minimum atomic E-state index is -0.128. The van der Waals surface area contributed by atoms with E-state index in [9.17, 15) is 9.59 Å². The van der Waals surface area contributed by atoms with Crippen molar-refractivity contribution in [3.05, 3.63) is 71.8 Å². The van der Waals surface area contributed by atoms with E-state index in [-0.39, 0.29) is 23.7 Å². The summed E-state index contributed by atoms with van der Waals surface area (Å²) in [5.74, 6) is 0.331. The molecule has 0 unspecified atom stereocenters. The summed E-state index contributed by atoms with van der Waals surface area (Å²) >= 11 is 0. The third-order valence-corrected chi connectivity index (χ3v) is 5.91. The van der Waals surface area contributed by atoms with E-state index in [1.54, 1.807) is 0 Å². The first-order chi connectivity index (χ1) is 15.6. The molecule has 0 fully saturated rings. The van der Waals surface area contributed by atoms with Gasteiger partial charge in [-0.25, -0.2) is 0 Å². The highest BCUT2D eigenvalue weighted by Gasteiger charge is 2.14. The molecule has 0 saturated carbocycles. The predicted octanol–water partition coefficient (Wildman–Crippen LogP) is 5.83. The molecule has 4 heteroatoms. The highest BCUT2D eigenvalue weighted by atomic mass is 16.1. The van der Waals surface area contributed by atoms with Crippen LogP contribution in [0.25, 0.3) is 0 Å². The van der Waals surface area contributed by atoms with Gasteiger partial charge in [0.05, 0.1) is 12.1 Å². The van der Waals surface area contributed by atoms with Crippen molar-refractivity contribution in [1.29, 1.82) is 0 Å². The number of hydrogen-bond donors (Lipinski definition) is 2. The number of hydrogen-bond acceptors (Lipinski definition) is 4. The zero-order valence-electron chi connectivity index (χ0n) is 19.8. The van der Waals surface area contributed by atoms with Gasteiger partial charge < -0.3 is 10.6 Å². The molecule has 0 spiro atoms. The molecule has 174 valence electrons. The zero-order valence-corrected chi connectivity index (χ0v) is 19.8. The van der Waals surface area contributed by atoms with Gasteiger partial charge in [-0.05, 0) is 39.8 Å². The lowest BCUT2D eigenvalue weighted by atomic mass is 10.0. The minimum Gasteiger partial charge on any atom is -0.307 e. The maximum Gasteiger partial charge on any atom is 0.179 e. The number of ketones is 2. The molecule has 2 rings (SSSR count). The highest BCUT2D eigenvalue weighted by Crippen LogP contribution is 2.09. The molecular formula is C28H40N2O2. The highest BCUT2D eigenvalue weighted by molar-refractivity contribution is 6.00. The molecule has 2 atom stereocenters. The normalized spacial score (nSPS) is 12.9. The second kappa shape index (κ2) is 15.5. The van der Waals surface area contributed by atoms with Crippen LogP contribution < -0.4 is 10.6 Å². The summed E-state index contributed by atoms with van der Waals surface area (Å²) < 4.78 is 0. The smallest absolute Gasteiger partial charge is 0.179 e. The van der Waals surface area contributed by atoms with Gasteiger partial charge in [-0.1, -0.05) is 99.2 Å². The Hall–Kier alpha value is -2.30. The van der Waals surface area contributed by atoms with Gasteiger partial charge in [0.2, 0.25) is 0 Å². The Morgan fingerprint density at radius 3 is 1.22 bits per heavy atom. The molecule has 0 aliphatic carbocycles. The maximum absolute atomic E-state index is 12.3. The first-order valence-corrected chi connectivity index (χ1v) is 12.2. The monoisotopic (exact) mass is 436 g/mol. The van der Waals surface area contributed by atoms with Gasteiger partial charge in [-0.2, -0.15) is 0 Å². The standard InChI is InChI=1S/C28H40N2O2/c1-23(27(31)25-17-11-9-12-18-25)29-21-15-7-5-3-4-6-8-16-22-30-24(2)28(32)26-19-13-10-14-20-26/h9-14,17-20,23-24,29-30H,3-8,15-16,21-22H2,1-2H3/t23-,24-/m0/s1. The van der Waals surface area contributed by atoms with E-state index < -0.39 is 0 Å². The van der Waals surface area contributed by atoms with Gasteiger partial charge in [-0.3, -0.25) is 9.59 Å². The first-order valence-electron chi connectivity index (χ1n) is 12.2. The fourth-order valence-corrected chi connectivity index (χ4v) is 3.84. The second-order valence-corrected chi connectivity index (χ2v) is 8.64. The Labute approximate surface area is 194 Å². The molecule has 0 bridgehead atoms. The van der Waals surface area contributed by atoms with Crippen molar-refractivity contribution < 1.29 is 9.59 Å². The number of Topliss-reactive ketones (excluding diaryl/α,β-unsaturated/α-hetero) is 2. The van der Waals surface area contributed by atoms with Gasteiger partial charge in [-0.15, -0.1) is 0 Å². The van der Waals surface area contributed by atoms with E-state index >= 15 is 0 Å². The summed E-state index contributed by atoms with van der Waals surface area (Å²) in [7, 11) is 0. The van der Waals surface area contributed by atoms with Gasteiger partial charge in [0.1, 0.15) is 0 Å². The summed E-state index contributed by atoms with van der Waals surface area (Å²) in [5.41, 5.74) is 1.56. The largest absolute Gasteiger partial charge is 0.307 e. The van der Waals surface area contributed by atoms with E-state index in [1.165, 1.54) is 38.5 Å². The topological polar surface area (TPSA) is 58.2 Å². The Balaban J connectivity index is 1.39. The minimum absolute atomic E-state index is 0.128. The molecular weight excluding hydrogens is 396 g/mol. The van der Waals surface area contributed by atoms with Gasteiger partial charge in [0.15, 0.2) is 11.6 Å². The number of carbonyl (C=O) groups is 2. The molecule has 0 heterocycles. The van der Waals surface area contributed by atoms with Crippen molar-refractivity contribution in [2.45, 2.75) is 77.3 Å². The van der Waals surface area contributed by atoms with Crippen LogP contribution in [-0.2, 0) is 0 Å². The van der Waals surface area contributed by atoms with E-state index in [1.807, 2.05) is 74.5 Å². The Morgan fingerprint density at radius 2 is 0.875 bits per heavy atom. The Kier molecular flexibility index (Phi) is 12.6. The summed E-state index contributed by atoms with van der Waals surface area (Å²) in [6.45, 7) is 5.68. The first kappa shape index (κ1) is 26.0. The predicted molar refractivity (Wildman–Crippen MR) is 133 cm³/mol. The number of rotatable bonds is 17. The number of unbranched alkanes of at least 4 members (excludes halogenated alkanes) is 7. The Morgan fingerprint density at radius 1 is 0.562 bits per heavy atom. The van der Waals surface area contributed by atoms with Gasteiger partial charge in [0, 0.05) is 11.1 Å². The van der Waals surface area contributed by atoms with Crippen molar-refractivity contribution in [1.82, 2.24) is 10.6 Å². The van der Waals surface area contributed by atoms with Crippen LogP contribution in [0.2, 0.25) is 0 Å². The number of carbonyl (C=O) groups excluding carboxylic acids is 2. The van der Waals surface area contributed by atoms with Crippen LogP contribution in [0.15, 0.2) is 60.7 Å². The molecule has 2 aromatic rings. The number of nitrogens with one attached hydrogen (secondary N) is 2. The van der Waals surface area contributed by atoms with Crippen molar-refractivity contribution in [2.24, 2.45) is 0 Å². The summed E-state index contributed by atoms with van der Waals surface area (Å²) in [6, 6.07) is 18.7. The average Bonchev–Trinajstić information content (AvgIpc) is 2.84. The Bertz CT molecular complexity index is 709. The fourth-order valence-electron chi connectivity index (χ4n) is 3.84. The molecule has 0 amide bonds. The van der Waals surface area contributed by atoms with Gasteiger partial charge in [0.25, 0.3) is 0 Å². The number of benzene rings is 2. The molecule has 0 saturated heterocycles. The molecule has 2 N–H and O–H groups in total. The van der Waals surface area contributed by atoms with Crippen LogP contribution in [0.4, 0.5) is 0 Å². The molecule has 0 aromatic heterocycles. The van der Waals surface area contributed by atoms with Crippen molar-refractivity contribution in [2.75, 3.05) is 13.1 Å². The van der Waals surface area contributed by atoms with Crippen molar-refractivity contribution >= 4 is 11.6 Å². The second-order valence-electron chi connectivity index (χ2n) is 8.64. The van der Waals surface area contributed by atoms with Gasteiger partial charge >= 0.3 is 0 Å². The molecule has 2 aromatic carbocycles. The third-order valence-electron chi connectivity index (χ3n) is 5.91. The molecule has 0 aliphatic heterocycles. The zero-order chi connectivity index (χ0) is 23.0. The lowest BCUT2D eigenvalue weighted by Gasteiger charge is -2.13. The lowest BCUT2D eigenvalue weighted by molar-refractivity contribution is 0.0943. The van der Waals surface area contributed by atoms with Crippen LogP contribution in [-0.4, -0.2) is 36.7 Å².